The van der Waals surface area contributed by atoms with Crippen molar-refractivity contribution in [1.82, 2.24) is 0 Å². The number of rotatable bonds is 2. The zero-order valence-corrected chi connectivity index (χ0v) is 7.22. The van der Waals surface area contributed by atoms with Crippen molar-refractivity contribution in [3.8, 4) is 6.07 Å². The lowest BCUT2D eigenvalue weighted by Gasteiger charge is -2.14. The maximum atomic E-state index is 13.2. The van der Waals surface area contributed by atoms with Gasteiger partial charge in [0.2, 0.25) is 0 Å². The molecule has 0 N–H and O–H groups in total. The van der Waals surface area contributed by atoms with Crippen LogP contribution in [0.25, 0.3) is 0 Å². The predicted octanol–water partition coefficient (Wildman–Crippen LogP) is 3.00. The number of nitriles is 1. The summed E-state index contributed by atoms with van der Waals surface area (Å²) in [6.07, 6.45) is -0.766. The van der Waals surface area contributed by atoms with Gasteiger partial charge in [0.25, 0.3) is 5.92 Å². The standard InChI is InChI=1S/C10H9F2N/c1-8-4-2-3-5-9(8)10(11,12)6-7-13/h2-5H,6H2,1H3. The molecule has 68 valence electrons. The highest BCUT2D eigenvalue weighted by Crippen LogP contribution is 2.32. The van der Waals surface area contributed by atoms with Crippen LogP contribution in [-0.4, -0.2) is 0 Å². The van der Waals surface area contributed by atoms with E-state index in [0.717, 1.165) is 0 Å². The molecular formula is C10H9F2N. The summed E-state index contributed by atoms with van der Waals surface area (Å²) < 4.78 is 26.4. The lowest BCUT2D eigenvalue weighted by molar-refractivity contribution is 0.000332. The molecule has 3 heteroatoms. The monoisotopic (exact) mass is 181 g/mol. The Morgan fingerprint density at radius 3 is 2.54 bits per heavy atom. The summed E-state index contributed by atoms with van der Waals surface area (Å²) in [7, 11) is 0. The van der Waals surface area contributed by atoms with Crippen LogP contribution < -0.4 is 0 Å². The summed E-state index contributed by atoms with van der Waals surface area (Å²) in [6, 6.07) is 7.69. The van der Waals surface area contributed by atoms with Crippen LogP contribution in [0.2, 0.25) is 0 Å². The van der Waals surface area contributed by atoms with Gasteiger partial charge < -0.3 is 0 Å². The van der Waals surface area contributed by atoms with Gasteiger partial charge in [-0.2, -0.15) is 5.26 Å². The van der Waals surface area contributed by atoms with Crippen molar-refractivity contribution in [2.24, 2.45) is 0 Å². The van der Waals surface area contributed by atoms with Crippen LogP contribution in [0.4, 0.5) is 8.78 Å². The van der Waals surface area contributed by atoms with Crippen molar-refractivity contribution in [2.75, 3.05) is 0 Å². The molecule has 13 heavy (non-hydrogen) atoms. The van der Waals surface area contributed by atoms with Gasteiger partial charge in [0, 0.05) is 5.56 Å². The fraction of sp³-hybridized carbons (Fsp3) is 0.300. The third kappa shape index (κ3) is 2.03. The highest BCUT2D eigenvalue weighted by Gasteiger charge is 2.32. The average Bonchev–Trinajstić information content (AvgIpc) is 2.04. The molecule has 0 bridgehead atoms. The predicted molar refractivity (Wildman–Crippen MR) is 45.3 cm³/mol. The third-order valence-corrected chi connectivity index (χ3v) is 1.84. The number of hydrogen-bond donors (Lipinski definition) is 0. The number of nitrogens with zero attached hydrogens (tertiary/aromatic N) is 1. The minimum Gasteiger partial charge on any atom is -0.200 e. The summed E-state index contributed by atoms with van der Waals surface area (Å²) >= 11 is 0. The molecule has 0 saturated carbocycles. The van der Waals surface area contributed by atoms with Crippen molar-refractivity contribution in [3.63, 3.8) is 0 Å². The summed E-state index contributed by atoms with van der Waals surface area (Å²) in [5.74, 6) is -3.03. The minimum absolute atomic E-state index is 0.0587. The smallest absolute Gasteiger partial charge is 0.200 e. The number of aryl methyl sites for hydroxylation is 1. The first-order chi connectivity index (χ1) is 6.08. The van der Waals surface area contributed by atoms with E-state index in [1.165, 1.54) is 12.1 Å². The Labute approximate surface area is 75.6 Å². The lowest BCUT2D eigenvalue weighted by atomic mass is 10.0. The van der Waals surface area contributed by atoms with Gasteiger partial charge in [-0.25, -0.2) is 8.78 Å². The van der Waals surface area contributed by atoms with Crippen LogP contribution in [0.3, 0.4) is 0 Å². The summed E-state index contributed by atoms with van der Waals surface area (Å²) in [4.78, 5) is 0. The molecule has 0 unspecified atom stereocenters. The first-order valence-electron chi connectivity index (χ1n) is 3.89. The van der Waals surface area contributed by atoms with E-state index in [0.29, 0.717) is 5.56 Å². The summed E-state index contributed by atoms with van der Waals surface area (Å²) in [5.41, 5.74) is 0.458. The van der Waals surface area contributed by atoms with Crippen molar-refractivity contribution in [3.05, 3.63) is 35.4 Å². The molecule has 0 heterocycles. The molecule has 0 radical (unpaired) electrons. The van der Waals surface area contributed by atoms with Crippen molar-refractivity contribution in [1.29, 1.82) is 5.26 Å². The average molecular weight is 181 g/mol. The van der Waals surface area contributed by atoms with Gasteiger partial charge in [0.05, 0.1) is 6.07 Å². The molecule has 0 amide bonds. The first kappa shape index (κ1) is 9.66. The zero-order chi connectivity index (χ0) is 9.90. The summed E-state index contributed by atoms with van der Waals surface area (Å²) in [6.45, 7) is 1.61. The van der Waals surface area contributed by atoms with Gasteiger partial charge in [-0.3, -0.25) is 0 Å². The third-order valence-electron chi connectivity index (χ3n) is 1.84. The van der Waals surface area contributed by atoms with E-state index < -0.39 is 12.3 Å². The number of alkyl halides is 2. The van der Waals surface area contributed by atoms with Gasteiger partial charge in [0.15, 0.2) is 0 Å². The van der Waals surface area contributed by atoms with Crippen LogP contribution in [0.1, 0.15) is 17.5 Å². The van der Waals surface area contributed by atoms with E-state index in [2.05, 4.69) is 0 Å². The Bertz CT molecular complexity index is 339. The first-order valence-corrected chi connectivity index (χ1v) is 3.89. The van der Waals surface area contributed by atoms with Gasteiger partial charge in [-0.1, -0.05) is 24.3 Å². The Morgan fingerprint density at radius 1 is 1.38 bits per heavy atom. The van der Waals surface area contributed by atoms with Crippen LogP contribution in [0, 0.1) is 18.3 Å². The van der Waals surface area contributed by atoms with Crippen molar-refractivity contribution in [2.45, 2.75) is 19.3 Å². The fourth-order valence-electron chi connectivity index (χ4n) is 1.18. The number of benzene rings is 1. The molecule has 0 spiro atoms. The molecule has 0 fully saturated rings. The molecule has 0 aliphatic heterocycles. The quantitative estimate of drug-likeness (QED) is 0.688. The SMILES string of the molecule is Cc1ccccc1C(F)(F)CC#N. The van der Waals surface area contributed by atoms with E-state index in [-0.39, 0.29) is 5.56 Å². The van der Waals surface area contributed by atoms with Crippen molar-refractivity contribution >= 4 is 0 Å². The van der Waals surface area contributed by atoms with Crippen LogP contribution >= 0.6 is 0 Å². The normalized spacial score (nSPS) is 10.9. The molecule has 1 aromatic rings. The Morgan fingerprint density at radius 2 is 2.00 bits per heavy atom. The second kappa shape index (κ2) is 3.53. The van der Waals surface area contributed by atoms with Crippen LogP contribution in [0.5, 0.6) is 0 Å². The van der Waals surface area contributed by atoms with Gasteiger partial charge >= 0.3 is 0 Å². The molecule has 1 rings (SSSR count). The van der Waals surface area contributed by atoms with Crippen LogP contribution in [0.15, 0.2) is 24.3 Å². The van der Waals surface area contributed by atoms with Crippen LogP contribution in [-0.2, 0) is 5.92 Å². The topological polar surface area (TPSA) is 23.8 Å². The molecular weight excluding hydrogens is 172 g/mol. The van der Waals surface area contributed by atoms with E-state index in [1.807, 2.05) is 0 Å². The lowest BCUT2D eigenvalue weighted by Crippen LogP contribution is -2.13. The number of halogens is 2. The van der Waals surface area contributed by atoms with E-state index in [9.17, 15) is 8.78 Å². The maximum Gasteiger partial charge on any atom is 0.286 e. The number of hydrogen-bond acceptors (Lipinski definition) is 1. The largest absolute Gasteiger partial charge is 0.286 e. The minimum atomic E-state index is -3.03. The van der Waals surface area contributed by atoms with Gasteiger partial charge in [0.1, 0.15) is 6.42 Å². The molecule has 0 saturated heterocycles. The molecule has 1 nitrogen and oxygen atoms in total. The molecule has 0 aliphatic carbocycles. The van der Waals surface area contributed by atoms with Gasteiger partial charge in [-0.05, 0) is 12.5 Å². The Kier molecular flexibility index (Phi) is 2.62. The maximum absolute atomic E-state index is 13.2. The summed E-state index contributed by atoms with van der Waals surface area (Å²) in [5, 5.41) is 8.22. The molecule has 0 aromatic heterocycles. The molecule has 0 aliphatic rings. The van der Waals surface area contributed by atoms with E-state index in [1.54, 1.807) is 25.1 Å². The highest BCUT2D eigenvalue weighted by molar-refractivity contribution is 5.30. The van der Waals surface area contributed by atoms with Crippen molar-refractivity contribution < 1.29 is 8.78 Å². The zero-order valence-electron chi connectivity index (χ0n) is 7.22. The Hall–Kier alpha value is -1.43. The Balaban J connectivity index is 3.08. The van der Waals surface area contributed by atoms with E-state index in [4.69, 9.17) is 5.26 Å². The highest BCUT2D eigenvalue weighted by atomic mass is 19.3. The molecule has 0 atom stereocenters. The fourth-order valence-corrected chi connectivity index (χ4v) is 1.18. The second-order valence-corrected chi connectivity index (χ2v) is 2.85. The second-order valence-electron chi connectivity index (χ2n) is 2.85. The van der Waals surface area contributed by atoms with Gasteiger partial charge in [-0.15, -0.1) is 0 Å². The van der Waals surface area contributed by atoms with E-state index >= 15 is 0 Å². The molecule has 1 aromatic carbocycles.